The lowest BCUT2D eigenvalue weighted by Crippen LogP contribution is -2.48. The third-order valence-corrected chi connectivity index (χ3v) is 7.67. The molecule has 0 saturated heterocycles. The van der Waals surface area contributed by atoms with Crippen molar-refractivity contribution >= 4 is 18.3 Å². The molecule has 4 aromatic rings. The van der Waals surface area contributed by atoms with Gasteiger partial charge in [0.25, 0.3) is 0 Å². The normalized spacial score (nSPS) is 12.8. The van der Waals surface area contributed by atoms with Gasteiger partial charge in [0.15, 0.2) is 0 Å². The second kappa shape index (κ2) is 17.4. The van der Waals surface area contributed by atoms with Gasteiger partial charge in [0, 0.05) is 24.2 Å². The first-order valence-electron chi connectivity index (χ1n) is 18.3. The van der Waals surface area contributed by atoms with Crippen molar-refractivity contribution in [2.24, 2.45) is 0 Å². The number of benzene rings is 2. The second-order valence-electron chi connectivity index (χ2n) is 16.9. The third-order valence-electron chi connectivity index (χ3n) is 7.67. The summed E-state index contributed by atoms with van der Waals surface area (Å²) in [4.78, 5) is 49.4. The molecule has 0 aliphatic carbocycles. The number of alkyl halides is 6. The maximum absolute atomic E-state index is 13.4. The van der Waals surface area contributed by atoms with Crippen LogP contribution >= 0.6 is 0 Å². The number of aromatic nitrogens is 4. The second-order valence-corrected chi connectivity index (χ2v) is 16.9. The molecule has 0 bridgehead atoms. The van der Waals surface area contributed by atoms with Gasteiger partial charge in [-0.25, -0.2) is 14.4 Å². The standard InChI is InChI=1S/C39H46F6N6O9/c1-34(2,3)55-31(52)50(19-23-11-15-25(16-12-23)27-46-29(59-48-27)38(40,41)42)21-36(7,8)57-33(54)58-37(9,10)22-51(32(53)56-35(4,5)6)20-24-13-17-26(18-14-24)28-47-30(60-49-28)39(43,44)45/h11-18H,19-22H2,1-10H3. The quantitative estimate of drug-likeness (QED) is 0.0750. The number of hydrogen-bond donors (Lipinski definition) is 0. The number of rotatable bonds is 12. The Morgan fingerprint density at radius 3 is 1.12 bits per heavy atom. The SMILES string of the molecule is CC(C)(C)OC(=O)N(Cc1ccc(-c2noc(C(F)(F)F)n2)cc1)CC(C)(C)OC(=O)OC(C)(C)CN(Cc1ccc(-c2noc(C(F)(F)F)n2)cc1)C(=O)OC(C)(C)C. The van der Waals surface area contributed by atoms with Crippen LogP contribution in [0, 0.1) is 0 Å². The number of carbonyl (C=O) groups excluding carboxylic acids is 3. The summed E-state index contributed by atoms with van der Waals surface area (Å²) >= 11 is 0. The summed E-state index contributed by atoms with van der Waals surface area (Å²) in [5.74, 6) is -3.56. The molecule has 2 aromatic carbocycles. The fraction of sp³-hybridized carbons (Fsp3) is 0.513. The van der Waals surface area contributed by atoms with E-state index in [1.54, 1.807) is 65.8 Å². The fourth-order valence-corrected chi connectivity index (χ4v) is 5.35. The first kappa shape index (κ1) is 46.8. The molecule has 0 aliphatic rings. The van der Waals surface area contributed by atoms with Crippen molar-refractivity contribution in [2.45, 2.75) is 117 Å². The molecule has 0 aliphatic heterocycles. The molecule has 0 unspecified atom stereocenters. The first-order chi connectivity index (χ1) is 27.4. The Hall–Kier alpha value is -5.89. The molecule has 0 N–H and O–H groups in total. The lowest BCUT2D eigenvalue weighted by molar-refractivity contribution is -0.160. The van der Waals surface area contributed by atoms with E-state index in [9.17, 15) is 40.7 Å². The van der Waals surface area contributed by atoms with Crippen molar-refractivity contribution in [3.63, 3.8) is 0 Å². The van der Waals surface area contributed by atoms with Crippen molar-refractivity contribution in [1.29, 1.82) is 0 Å². The van der Waals surface area contributed by atoms with Gasteiger partial charge in [0.2, 0.25) is 11.6 Å². The van der Waals surface area contributed by atoms with Gasteiger partial charge in [0.05, 0.1) is 13.1 Å². The Morgan fingerprint density at radius 1 is 0.533 bits per heavy atom. The van der Waals surface area contributed by atoms with Crippen molar-refractivity contribution < 1.29 is 68.7 Å². The predicted octanol–water partition coefficient (Wildman–Crippen LogP) is 9.71. The monoisotopic (exact) mass is 856 g/mol. The number of halogens is 6. The van der Waals surface area contributed by atoms with Crippen LogP contribution in [0.4, 0.5) is 40.7 Å². The van der Waals surface area contributed by atoms with E-state index in [1.807, 2.05) is 0 Å². The zero-order chi connectivity index (χ0) is 45.1. The largest absolute Gasteiger partial charge is 0.509 e. The van der Waals surface area contributed by atoms with Crippen LogP contribution < -0.4 is 0 Å². The van der Waals surface area contributed by atoms with Gasteiger partial charge < -0.3 is 28.0 Å². The lowest BCUT2D eigenvalue weighted by Gasteiger charge is -2.36. The van der Waals surface area contributed by atoms with E-state index in [4.69, 9.17) is 18.9 Å². The van der Waals surface area contributed by atoms with E-state index >= 15 is 0 Å². The van der Waals surface area contributed by atoms with Crippen molar-refractivity contribution in [3.8, 4) is 22.8 Å². The molecule has 0 atom stereocenters. The molecule has 2 amide bonds. The number of amides is 2. The predicted molar refractivity (Wildman–Crippen MR) is 198 cm³/mol. The highest BCUT2D eigenvalue weighted by molar-refractivity contribution is 5.69. The maximum Gasteiger partial charge on any atom is 0.509 e. The molecular formula is C39H46F6N6O9. The first-order valence-corrected chi connectivity index (χ1v) is 18.3. The van der Waals surface area contributed by atoms with E-state index in [1.165, 1.54) is 61.8 Å². The van der Waals surface area contributed by atoms with Crippen LogP contribution in [0.15, 0.2) is 57.6 Å². The topological polar surface area (TPSA) is 172 Å². The minimum atomic E-state index is -4.81. The Labute approximate surface area is 341 Å². The van der Waals surface area contributed by atoms with E-state index in [0.29, 0.717) is 11.1 Å². The summed E-state index contributed by atoms with van der Waals surface area (Å²) in [7, 11) is 0. The van der Waals surface area contributed by atoms with Crippen LogP contribution in [0.2, 0.25) is 0 Å². The molecule has 15 nitrogen and oxygen atoms in total. The van der Waals surface area contributed by atoms with Crippen LogP contribution in [-0.4, -0.2) is 83.9 Å². The summed E-state index contributed by atoms with van der Waals surface area (Å²) in [5.41, 5.74) is -3.07. The molecule has 2 aromatic heterocycles. The molecular weight excluding hydrogens is 810 g/mol. The van der Waals surface area contributed by atoms with Gasteiger partial charge in [-0.1, -0.05) is 58.8 Å². The highest BCUT2D eigenvalue weighted by atomic mass is 19.4. The fourth-order valence-electron chi connectivity index (χ4n) is 5.35. The number of ether oxygens (including phenoxy) is 4. The Morgan fingerprint density at radius 2 is 0.850 bits per heavy atom. The van der Waals surface area contributed by atoms with Gasteiger partial charge >= 0.3 is 42.5 Å². The summed E-state index contributed by atoms with van der Waals surface area (Å²) in [6, 6.07) is 12.0. The van der Waals surface area contributed by atoms with E-state index in [-0.39, 0.29) is 49.0 Å². The van der Waals surface area contributed by atoms with E-state index < -0.39 is 64.9 Å². The summed E-state index contributed by atoms with van der Waals surface area (Å²) in [6.07, 6.45) is -12.3. The molecule has 0 fully saturated rings. The van der Waals surface area contributed by atoms with Crippen molar-refractivity contribution in [2.75, 3.05) is 13.1 Å². The van der Waals surface area contributed by atoms with Crippen LogP contribution in [0.1, 0.15) is 92.1 Å². The average Bonchev–Trinajstić information content (AvgIpc) is 3.78. The molecule has 0 radical (unpaired) electrons. The minimum absolute atomic E-state index is 0.0713. The van der Waals surface area contributed by atoms with Crippen LogP contribution in [0.3, 0.4) is 0 Å². The summed E-state index contributed by atoms with van der Waals surface area (Å²) < 4.78 is 109. The Balaban J connectivity index is 1.46. The molecule has 0 saturated carbocycles. The van der Waals surface area contributed by atoms with Gasteiger partial charge in [-0.3, -0.25) is 9.80 Å². The molecule has 2 heterocycles. The minimum Gasteiger partial charge on any atom is -0.444 e. The Kier molecular flexibility index (Phi) is 13.6. The summed E-state index contributed by atoms with van der Waals surface area (Å²) in [6.45, 7) is 15.6. The number of nitrogens with zero attached hydrogens (tertiary/aromatic N) is 6. The summed E-state index contributed by atoms with van der Waals surface area (Å²) in [5, 5.41) is 6.76. The molecule has 0 spiro atoms. The van der Waals surface area contributed by atoms with Gasteiger partial charge in [-0.05, 0) is 80.4 Å². The molecule has 60 heavy (non-hydrogen) atoms. The zero-order valence-corrected chi connectivity index (χ0v) is 34.6. The van der Waals surface area contributed by atoms with E-state index in [2.05, 4.69) is 29.3 Å². The smallest absolute Gasteiger partial charge is 0.444 e. The Bertz CT molecular complexity index is 1950. The van der Waals surface area contributed by atoms with Gasteiger partial charge in [-0.15, -0.1) is 0 Å². The third kappa shape index (κ3) is 14.1. The average molecular weight is 857 g/mol. The van der Waals surface area contributed by atoms with Crippen molar-refractivity contribution in [1.82, 2.24) is 30.1 Å². The number of hydrogen-bond acceptors (Lipinski definition) is 13. The molecule has 4 rings (SSSR count). The van der Waals surface area contributed by atoms with Gasteiger partial charge in [-0.2, -0.15) is 36.3 Å². The lowest BCUT2D eigenvalue weighted by atomic mass is 10.1. The zero-order valence-electron chi connectivity index (χ0n) is 34.6. The maximum atomic E-state index is 13.4. The molecule has 21 heteroatoms. The number of carbonyl (C=O) groups is 3. The van der Waals surface area contributed by atoms with Crippen LogP contribution in [0.5, 0.6) is 0 Å². The van der Waals surface area contributed by atoms with Crippen molar-refractivity contribution in [3.05, 3.63) is 71.4 Å². The van der Waals surface area contributed by atoms with Crippen LogP contribution in [-0.2, 0) is 44.4 Å². The van der Waals surface area contributed by atoms with Crippen LogP contribution in [0.25, 0.3) is 22.8 Å². The van der Waals surface area contributed by atoms with Gasteiger partial charge in [0.1, 0.15) is 22.4 Å². The molecule has 328 valence electrons. The van der Waals surface area contributed by atoms with E-state index in [0.717, 1.165) is 0 Å². The highest BCUT2D eigenvalue weighted by Crippen LogP contribution is 2.31. The highest BCUT2D eigenvalue weighted by Gasteiger charge is 2.40.